The molecule has 0 fully saturated rings. The average molecular weight is 233 g/mol. The zero-order valence-electron chi connectivity index (χ0n) is 9.59. The number of aliphatic hydroxyl groups excluding tert-OH is 1. The second-order valence-electron chi connectivity index (χ2n) is 4.29. The van der Waals surface area contributed by atoms with Gasteiger partial charge in [-0.05, 0) is 6.92 Å². The number of rotatable bonds is 4. The lowest BCUT2D eigenvalue weighted by Crippen LogP contribution is -2.37. The molecular weight excluding hydrogens is 218 g/mol. The van der Waals surface area contributed by atoms with Gasteiger partial charge in [-0.15, -0.1) is 5.10 Å². The van der Waals surface area contributed by atoms with E-state index >= 15 is 0 Å². The quantitative estimate of drug-likeness (QED) is 0.727. The van der Waals surface area contributed by atoms with E-state index in [4.69, 9.17) is 5.11 Å². The van der Waals surface area contributed by atoms with E-state index in [0.29, 0.717) is 5.82 Å². The number of benzene rings is 1. The molecule has 0 aliphatic carbocycles. The molecule has 5 nitrogen and oxygen atoms in total. The van der Waals surface area contributed by atoms with Crippen LogP contribution in [0.4, 0.5) is 5.82 Å². The van der Waals surface area contributed by atoms with Crippen molar-refractivity contribution >= 4 is 16.6 Å². The summed E-state index contributed by atoms with van der Waals surface area (Å²) in [6, 6.07) is 7.72. The van der Waals surface area contributed by atoms with Crippen LogP contribution in [-0.2, 0) is 0 Å². The summed E-state index contributed by atoms with van der Waals surface area (Å²) in [5.74, 6) is 0.608. The van der Waals surface area contributed by atoms with Gasteiger partial charge in [-0.3, -0.25) is 0 Å². The highest BCUT2D eigenvalue weighted by Crippen LogP contribution is 2.19. The van der Waals surface area contributed by atoms with Crippen molar-refractivity contribution in [1.29, 1.82) is 0 Å². The van der Waals surface area contributed by atoms with Gasteiger partial charge in [0.15, 0.2) is 5.82 Å². The van der Waals surface area contributed by atoms with E-state index in [-0.39, 0.29) is 13.2 Å². The zero-order chi connectivity index (χ0) is 12.3. The Morgan fingerprint density at radius 3 is 2.88 bits per heavy atom. The summed E-state index contributed by atoms with van der Waals surface area (Å²) in [5, 5.41) is 31.4. The summed E-state index contributed by atoms with van der Waals surface area (Å²) in [7, 11) is 0. The van der Waals surface area contributed by atoms with Crippen LogP contribution in [0.25, 0.3) is 10.8 Å². The van der Waals surface area contributed by atoms with Crippen LogP contribution in [0.1, 0.15) is 6.92 Å². The molecule has 1 atom stereocenters. The van der Waals surface area contributed by atoms with E-state index < -0.39 is 5.60 Å². The van der Waals surface area contributed by atoms with Crippen molar-refractivity contribution in [2.45, 2.75) is 12.5 Å². The van der Waals surface area contributed by atoms with Gasteiger partial charge in [0.1, 0.15) is 5.60 Å². The van der Waals surface area contributed by atoms with Gasteiger partial charge in [0.05, 0.1) is 12.8 Å². The number of nitrogens with zero attached hydrogens (tertiary/aromatic N) is 2. The first kappa shape index (κ1) is 11.8. The second kappa shape index (κ2) is 4.65. The summed E-state index contributed by atoms with van der Waals surface area (Å²) in [5.41, 5.74) is -1.17. The van der Waals surface area contributed by atoms with Gasteiger partial charge in [0, 0.05) is 17.3 Å². The van der Waals surface area contributed by atoms with Crippen LogP contribution in [0.15, 0.2) is 30.5 Å². The van der Waals surface area contributed by atoms with Crippen molar-refractivity contribution in [3.63, 3.8) is 0 Å². The highest BCUT2D eigenvalue weighted by atomic mass is 16.3. The third-order valence-corrected chi connectivity index (χ3v) is 2.55. The Kier molecular flexibility index (Phi) is 3.21. The fourth-order valence-corrected chi connectivity index (χ4v) is 1.49. The van der Waals surface area contributed by atoms with Gasteiger partial charge in [-0.25, -0.2) is 0 Å². The van der Waals surface area contributed by atoms with Gasteiger partial charge in [0.2, 0.25) is 0 Å². The van der Waals surface area contributed by atoms with Gasteiger partial charge in [-0.1, -0.05) is 24.3 Å². The molecule has 17 heavy (non-hydrogen) atoms. The van der Waals surface area contributed by atoms with Crippen LogP contribution in [0, 0.1) is 0 Å². The van der Waals surface area contributed by atoms with Crippen LogP contribution in [-0.4, -0.2) is 39.2 Å². The van der Waals surface area contributed by atoms with Gasteiger partial charge < -0.3 is 15.5 Å². The molecule has 0 radical (unpaired) electrons. The van der Waals surface area contributed by atoms with Crippen LogP contribution >= 0.6 is 0 Å². The van der Waals surface area contributed by atoms with E-state index in [1.165, 1.54) is 0 Å². The summed E-state index contributed by atoms with van der Waals surface area (Å²) >= 11 is 0. The number of fused-ring (bicyclic) bond motifs is 1. The van der Waals surface area contributed by atoms with Crippen LogP contribution in [0.3, 0.4) is 0 Å². The first-order valence-corrected chi connectivity index (χ1v) is 5.40. The van der Waals surface area contributed by atoms with Crippen LogP contribution in [0.5, 0.6) is 0 Å². The molecule has 1 aromatic heterocycles. The molecule has 1 aromatic carbocycles. The minimum Gasteiger partial charge on any atom is -0.393 e. The molecule has 0 saturated heterocycles. The molecule has 0 bridgehead atoms. The minimum atomic E-state index is -1.17. The van der Waals surface area contributed by atoms with E-state index in [9.17, 15) is 5.11 Å². The Morgan fingerprint density at radius 2 is 2.12 bits per heavy atom. The maximum Gasteiger partial charge on any atom is 0.156 e. The first-order valence-electron chi connectivity index (χ1n) is 5.40. The van der Waals surface area contributed by atoms with Gasteiger partial charge in [-0.2, -0.15) is 5.10 Å². The Balaban J connectivity index is 2.24. The summed E-state index contributed by atoms with van der Waals surface area (Å²) in [6.07, 6.45) is 1.69. The predicted molar refractivity (Wildman–Crippen MR) is 65.7 cm³/mol. The molecule has 0 spiro atoms. The highest BCUT2D eigenvalue weighted by Gasteiger charge is 2.19. The van der Waals surface area contributed by atoms with Gasteiger partial charge >= 0.3 is 0 Å². The van der Waals surface area contributed by atoms with Crippen LogP contribution in [0.2, 0.25) is 0 Å². The summed E-state index contributed by atoms with van der Waals surface area (Å²) in [6.45, 7) is 1.46. The molecule has 2 aromatic rings. The number of nitrogens with one attached hydrogen (secondary N) is 1. The molecule has 1 heterocycles. The Bertz CT molecular complexity index is 509. The molecule has 2 rings (SSSR count). The van der Waals surface area contributed by atoms with Crippen molar-refractivity contribution in [2.24, 2.45) is 0 Å². The molecule has 0 aliphatic heterocycles. The lowest BCUT2D eigenvalue weighted by Gasteiger charge is -2.21. The number of hydrogen-bond donors (Lipinski definition) is 3. The molecule has 1 unspecified atom stereocenters. The Hall–Kier alpha value is -1.72. The highest BCUT2D eigenvalue weighted by molar-refractivity contribution is 5.90. The van der Waals surface area contributed by atoms with E-state index in [1.54, 1.807) is 13.1 Å². The smallest absolute Gasteiger partial charge is 0.156 e. The van der Waals surface area contributed by atoms with Crippen molar-refractivity contribution < 1.29 is 10.2 Å². The second-order valence-corrected chi connectivity index (χ2v) is 4.29. The SMILES string of the molecule is CC(O)(CO)CNc1nncc2ccccc12. The van der Waals surface area contributed by atoms with E-state index in [0.717, 1.165) is 10.8 Å². The topological polar surface area (TPSA) is 78.3 Å². The van der Waals surface area contributed by atoms with Crippen molar-refractivity contribution in [1.82, 2.24) is 10.2 Å². The largest absolute Gasteiger partial charge is 0.393 e. The third-order valence-electron chi connectivity index (χ3n) is 2.55. The minimum absolute atomic E-state index is 0.214. The lowest BCUT2D eigenvalue weighted by atomic mass is 10.1. The molecule has 0 amide bonds. The van der Waals surface area contributed by atoms with Gasteiger partial charge in [0.25, 0.3) is 0 Å². The first-order chi connectivity index (χ1) is 8.12. The van der Waals surface area contributed by atoms with Crippen molar-refractivity contribution in [3.8, 4) is 0 Å². The number of hydrogen-bond acceptors (Lipinski definition) is 5. The van der Waals surface area contributed by atoms with Crippen molar-refractivity contribution in [2.75, 3.05) is 18.5 Å². The predicted octanol–water partition coefficient (Wildman–Crippen LogP) is 0.785. The Morgan fingerprint density at radius 1 is 1.35 bits per heavy atom. The Labute approximate surface area is 99.1 Å². The summed E-state index contributed by atoms with van der Waals surface area (Å²) in [4.78, 5) is 0. The van der Waals surface area contributed by atoms with Crippen LogP contribution < -0.4 is 5.32 Å². The molecule has 90 valence electrons. The molecule has 3 N–H and O–H groups in total. The monoisotopic (exact) mass is 233 g/mol. The lowest BCUT2D eigenvalue weighted by molar-refractivity contribution is 0.0132. The molecule has 5 heteroatoms. The summed E-state index contributed by atoms with van der Waals surface area (Å²) < 4.78 is 0. The van der Waals surface area contributed by atoms with E-state index in [1.807, 2.05) is 24.3 Å². The number of anilines is 1. The zero-order valence-corrected chi connectivity index (χ0v) is 9.59. The number of aliphatic hydroxyl groups is 2. The number of aromatic nitrogens is 2. The molecule has 0 saturated carbocycles. The maximum absolute atomic E-state index is 9.70. The molecule has 0 aliphatic rings. The molecular formula is C12H15N3O2. The standard InChI is InChI=1S/C12H15N3O2/c1-12(17,8-16)7-13-11-10-5-3-2-4-9(10)6-14-15-11/h2-6,16-17H,7-8H2,1H3,(H,13,15). The fourth-order valence-electron chi connectivity index (χ4n) is 1.49. The third kappa shape index (κ3) is 2.69. The average Bonchev–Trinajstić information content (AvgIpc) is 2.36. The maximum atomic E-state index is 9.70. The fraction of sp³-hybridized carbons (Fsp3) is 0.333. The van der Waals surface area contributed by atoms with E-state index in [2.05, 4.69) is 15.5 Å². The normalized spacial score (nSPS) is 14.5. The van der Waals surface area contributed by atoms with Crippen molar-refractivity contribution in [3.05, 3.63) is 30.5 Å².